The third kappa shape index (κ3) is 3.09. The summed E-state index contributed by atoms with van der Waals surface area (Å²) in [6.45, 7) is 7.49. The van der Waals surface area contributed by atoms with Gasteiger partial charge in [-0.25, -0.2) is 0 Å². The molecule has 4 rings (SSSR count). The number of nitrogens with one attached hydrogen (secondary N) is 2. The molecule has 0 aromatic carbocycles. The summed E-state index contributed by atoms with van der Waals surface area (Å²) in [7, 11) is 0. The normalized spacial score (nSPS) is 35.2. The lowest BCUT2D eigenvalue weighted by Crippen LogP contribution is -2.60. The summed E-state index contributed by atoms with van der Waals surface area (Å²) in [6, 6.07) is 3.56. The highest BCUT2D eigenvalue weighted by atomic mass is 16.5. The zero-order chi connectivity index (χ0) is 19.9. The number of ether oxygens (including phenoxy) is 1. The van der Waals surface area contributed by atoms with Crippen molar-refractivity contribution in [2.75, 3.05) is 13.2 Å². The summed E-state index contributed by atoms with van der Waals surface area (Å²) in [4.78, 5) is 24.1. The Hall–Kier alpha value is -2.02. The molecule has 5 atom stereocenters. The van der Waals surface area contributed by atoms with Crippen LogP contribution >= 0.6 is 0 Å². The smallest absolute Gasteiger partial charge is 0.271 e. The monoisotopic (exact) mass is 386 g/mol. The molecule has 7 nitrogen and oxygen atoms in total. The molecule has 3 aliphatic rings. The van der Waals surface area contributed by atoms with Crippen molar-refractivity contribution in [3.63, 3.8) is 0 Å². The van der Waals surface area contributed by atoms with Crippen LogP contribution in [0.2, 0.25) is 0 Å². The number of aromatic nitrogens is 2. The Bertz CT molecular complexity index is 753. The van der Waals surface area contributed by atoms with E-state index in [9.17, 15) is 9.59 Å². The lowest BCUT2D eigenvalue weighted by atomic mass is 9.59. The third-order valence-electron chi connectivity index (χ3n) is 7.49. The summed E-state index contributed by atoms with van der Waals surface area (Å²) >= 11 is 0. The van der Waals surface area contributed by atoms with Crippen molar-refractivity contribution in [1.29, 1.82) is 0 Å². The van der Waals surface area contributed by atoms with Crippen molar-refractivity contribution in [2.24, 2.45) is 22.7 Å². The Kier molecular flexibility index (Phi) is 4.89. The molecule has 1 saturated heterocycles. The van der Waals surface area contributed by atoms with Crippen molar-refractivity contribution >= 4 is 11.8 Å². The Balaban J connectivity index is 1.42. The summed E-state index contributed by atoms with van der Waals surface area (Å²) in [5.74, 6) is 0.888. The van der Waals surface area contributed by atoms with Crippen LogP contribution in [-0.4, -0.2) is 47.3 Å². The first-order valence-electron chi connectivity index (χ1n) is 10.3. The van der Waals surface area contributed by atoms with Crippen molar-refractivity contribution in [1.82, 2.24) is 20.8 Å². The zero-order valence-electron chi connectivity index (χ0n) is 16.9. The van der Waals surface area contributed by atoms with Crippen LogP contribution in [0.5, 0.6) is 0 Å². The number of amides is 2. The predicted molar refractivity (Wildman–Crippen MR) is 103 cm³/mol. The van der Waals surface area contributed by atoms with Gasteiger partial charge in [0, 0.05) is 32.3 Å². The summed E-state index contributed by atoms with van der Waals surface area (Å²) in [5, 5.41) is 13.8. The molecule has 2 bridgehead atoms. The fourth-order valence-electron chi connectivity index (χ4n) is 6.24. The van der Waals surface area contributed by atoms with Gasteiger partial charge < -0.3 is 15.4 Å². The molecular formula is C21H30N4O3. The minimum Gasteiger partial charge on any atom is -0.378 e. The quantitative estimate of drug-likeness (QED) is 0.807. The molecule has 0 unspecified atom stereocenters. The molecule has 2 heterocycles. The van der Waals surface area contributed by atoms with E-state index in [-0.39, 0.29) is 34.8 Å². The number of nitrogens with zero attached hydrogens (tertiary/aromatic N) is 2. The van der Waals surface area contributed by atoms with Crippen LogP contribution in [0.4, 0.5) is 0 Å². The maximum absolute atomic E-state index is 12.2. The first-order valence-corrected chi connectivity index (χ1v) is 10.3. The van der Waals surface area contributed by atoms with Gasteiger partial charge in [0.2, 0.25) is 5.91 Å². The summed E-state index contributed by atoms with van der Waals surface area (Å²) in [5.41, 5.74) is 0.568. The lowest BCUT2D eigenvalue weighted by Gasteiger charge is -2.53. The highest BCUT2D eigenvalue weighted by molar-refractivity contribution is 5.91. The van der Waals surface area contributed by atoms with E-state index in [1.54, 1.807) is 25.3 Å². The lowest BCUT2D eigenvalue weighted by molar-refractivity contribution is -0.135. The van der Waals surface area contributed by atoms with E-state index in [1.807, 2.05) is 0 Å². The minimum absolute atomic E-state index is 0.0537. The summed E-state index contributed by atoms with van der Waals surface area (Å²) in [6.07, 6.45) is 5.76. The van der Waals surface area contributed by atoms with Crippen LogP contribution in [-0.2, 0) is 9.53 Å². The first-order chi connectivity index (χ1) is 13.3. The van der Waals surface area contributed by atoms with Crippen molar-refractivity contribution in [3.8, 4) is 0 Å². The van der Waals surface area contributed by atoms with E-state index in [2.05, 4.69) is 34.7 Å². The van der Waals surface area contributed by atoms with Gasteiger partial charge in [-0.2, -0.15) is 5.10 Å². The van der Waals surface area contributed by atoms with Gasteiger partial charge in [-0.15, -0.1) is 5.10 Å². The average molecular weight is 386 g/mol. The van der Waals surface area contributed by atoms with E-state index >= 15 is 0 Å². The molecule has 3 fully saturated rings. The van der Waals surface area contributed by atoms with Crippen molar-refractivity contribution in [2.45, 2.75) is 58.6 Å². The molecule has 152 valence electrons. The molecule has 2 N–H and O–H groups in total. The highest BCUT2D eigenvalue weighted by Crippen LogP contribution is 2.68. The van der Waals surface area contributed by atoms with Gasteiger partial charge in [0.1, 0.15) is 0 Å². The molecule has 0 radical (unpaired) electrons. The van der Waals surface area contributed by atoms with Crippen LogP contribution in [0.15, 0.2) is 18.3 Å². The van der Waals surface area contributed by atoms with Gasteiger partial charge in [-0.1, -0.05) is 13.8 Å². The van der Waals surface area contributed by atoms with Gasteiger partial charge in [0.15, 0.2) is 5.69 Å². The van der Waals surface area contributed by atoms with Gasteiger partial charge in [0.25, 0.3) is 5.91 Å². The second kappa shape index (κ2) is 7.10. The highest BCUT2D eigenvalue weighted by Gasteiger charge is 2.68. The Morgan fingerprint density at radius 2 is 2.18 bits per heavy atom. The molecule has 1 aromatic heterocycles. The molecule has 1 spiro atoms. The molecule has 1 aromatic rings. The number of rotatable bonds is 5. The number of fused-ring (bicyclic) bond motifs is 1. The number of carbonyl (C=O) groups excluding carboxylic acids is 2. The van der Waals surface area contributed by atoms with E-state index < -0.39 is 0 Å². The van der Waals surface area contributed by atoms with Crippen molar-refractivity contribution in [3.05, 3.63) is 24.0 Å². The minimum atomic E-state index is -0.205. The topological polar surface area (TPSA) is 93.2 Å². The number of hydrogen-bond acceptors (Lipinski definition) is 5. The van der Waals surface area contributed by atoms with E-state index in [4.69, 9.17) is 4.74 Å². The fourth-order valence-corrected chi connectivity index (χ4v) is 6.24. The Morgan fingerprint density at radius 3 is 2.89 bits per heavy atom. The molecule has 2 amide bonds. The number of hydrogen-bond donors (Lipinski definition) is 2. The first kappa shape index (κ1) is 19.3. The molecule has 2 aliphatic carbocycles. The van der Waals surface area contributed by atoms with Gasteiger partial charge >= 0.3 is 0 Å². The van der Waals surface area contributed by atoms with Crippen LogP contribution < -0.4 is 10.6 Å². The second-order valence-electron chi connectivity index (χ2n) is 9.24. The van der Waals surface area contributed by atoms with Crippen LogP contribution in [0.3, 0.4) is 0 Å². The summed E-state index contributed by atoms with van der Waals surface area (Å²) < 4.78 is 6.16. The van der Waals surface area contributed by atoms with E-state index in [0.717, 1.165) is 25.9 Å². The zero-order valence-corrected chi connectivity index (χ0v) is 16.9. The molecule has 1 aliphatic heterocycles. The molecule has 28 heavy (non-hydrogen) atoms. The van der Waals surface area contributed by atoms with Crippen LogP contribution in [0, 0.1) is 22.7 Å². The SMILES string of the molecule is CC(=O)N[C@H]1C(C)(C)[C@@H]2C[C@@H]3[C@@H](CCNC(=O)c4cccnn4)OCC[C@@]31C2. The van der Waals surface area contributed by atoms with Gasteiger partial charge in [-0.3, -0.25) is 9.59 Å². The van der Waals surface area contributed by atoms with Crippen LogP contribution in [0.25, 0.3) is 0 Å². The third-order valence-corrected chi connectivity index (χ3v) is 7.49. The molecular weight excluding hydrogens is 356 g/mol. The number of carbonyl (C=O) groups is 2. The second-order valence-corrected chi connectivity index (χ2v) is 9.24. The largest absolute Gasteiger partial charge is 0.378 e. The van der Waals surface area contributed by atoms with Gasteiger partial charge in [0.05, 0.1) is 6.10 Å². The van der Waals surface area contributed by atoms with Crippen molar-refractivity contribution < 1.29 is 14.3 Å². The maximum Gasteiger partial charge on any atom is 0.271 e. The van der Waals surface area contributed by atoms with Crippen LogP contribution in [0.1, 0.15) is 56.9 Å². The maximum atomic E-state index is 12.2. The molecule has 2 saturated carbocycles. The van der Waals surface area contributed by atoms with E-state index in [0.29, 0.717) is 24.1 Å². The molecule has 7 heteroatoms. The Morgan fingerprint density at radius 1 is 1.36 bits per heavy atom. The average Bonchev–Trinajstić information content (AvgIpc) is 3.16. The standard InChI is InChI=1S/C21H30N4O3/c1-13(26)24-19-20(2,3)14-11-15-17(28-10-7-21(15,19)12-14)6-9-22-18(27)16-5-4-8-23-25-16/h4-5,8,14-15,17,19H,6-7,9-12H2,1-3H3,(H,22,27)(H,24,26)/t14-,15-,17-,19+,21-/m1/s1. The van der Waals surface area contributed by atoms with Gasteiger partial charge in [-0.05, 0) is 60.5 Å². The fraction of sp³-hybridized carbons (Fsp3) is 0.714. The predicted octanol–water partition coefficient (Wildman–Crippen LogP) is 1.94. The Labute approximate surface area is 166 Å². The van der Waals surface area contributed by atoms with E-state index in [1.165, 1.54) is 6.42 Å².